The van der Waals surface area contributed by atoms with Crippen molar-refractivity contribution in [2.45, 2.75) is 50.9 Å². The van der Waals surface area contributed by atoms with E-state index in [-0.39, 0.29) is 23.6 Å². The molecule has 0 spiro atoms. The van der Waals surface area contributed by atoms with Gasteiger partial charge in [0, 0.05) is 36.6 Å². The van der Waals surface area contributed by atoms with Crippen LogP contribution in [-0.4, -0.2) is 30.0 Å². The van der Waals surface area contributed by atoms with Gasteiger partial charge < -0.3 is 16.0 Å². The summed E-state index contributed by atoms with van der Waals surface area (Å²) in [6.45, 7) is 1.50. The van der Waals surface area contributed by atoms with Crippen LogP contribution in [0.2, 0.25) is 0 Å². The Morgan fingerprint density at radius 1 is 1.16 bits per heavy atom. The van der Waals surface area contributed by atoms with E-state index in [1.54, 1.807) is 37.5 Å². The molecule has 1 aliphatic carbocycles. The topological polar surface area (TPSA) is 89.8 Å². The summed E-state index contributed by atoms with van der Waals surface area (Å²) < 4.78 is 39.9. The van der Waals surface area contributed by atoms with Gasteiger partial charge in [0.15, 0.2) is 0 Å². The van der Waals surface area contributed by atoms with Crippen molar-refractivity contribution in [3.8, 4) is 6.07 Å². The van der Waals surface area contributed by atoms with Crippen molar-refractivity contribution in [2.24, 2.45) is 0 Å². The van der Waals surface area contributed by atoms with Crippen LogP contribution in [0, 0.1) is 18.3 Å². The van der Waals surface area contributed by atoms with Crippen LogP contribution in [0.1, 0.15) is 52.7 Å². The first kappa shape index (κ1) is 22.4. The molecule has 3 rings (SSSR count). The molecule has 0 radical (unpaired) electrons. The predicted molar refractivity (Wildman–Crippen MR) is 112 cm³/mol. The van der Waals surface area contributed by atoms with Crippen molar-refractivity contribution < 1.29 is 18.0 Å². The first-order chi connectivity index (χ1) is 14.7. The number of hydrogen-bond donors (Lipinski definition) is 3. The lowest BCUT2D eigenvalue weighted by atomic mass is 9.90. The molecule has 164 valence electrons. The van der Waals surface area contributed by atoms with E-state index < -0.39 is 11.7 Å². The molecule has 1 heterocycles. The van der Waals surface area contributed by atoms with E-state index in [0.29, 0.717) is 35.5 Å². The Hall–Kier alpha value is -3.28. The van der Waals surface area contributed by atoms with E-state index >= 15 is 0 Å². The molecule has 0 atom stereocenters. The van der Waals surface area contributed by atoms with E-state index in [4.69, 9.17) is 5.26 Å². The number of carbonyl (C=O) groups is 1. The fraction of sp³-hybridized carbons (Fsp3) is 0.409. The number of rotatable bonds is 5. The van der Waals surface area contributed by atoms with Crippen molar-refractivity contribution in [1.82, 2.24) is 10.3 Å². The molecule has 1 fully saturated rings. The summed E-state index contributed by atoms with van der Waals surface area (Å²) in [5.74, 6) is 0.435. The molecule has 1 aromatic carbocycles. The number of pyridine rings is 1. The standard InChI is InChI=1S/C22H24F3N5O/c1-13-9-17(11-19(18(13)12-26)22(23,24)25)29-15-3-5-16(6-4-15)30-21(31)14-7-8-28-20(10-14)27-2/h7-11,15-16,29H,3-6H2,1-2H3,(H,27,28)(H,30,31)/t15-,16+. The van der Waals surface area contributed by atoms with E-state index in [1.165, 1.54) is 6.92 Å². The Morgan fingerprint density at radius 3 is 2.45 bits per heavy atom. The minimum atomic E-state index is -4.59. The van der Waals surface area contributed by atoms with E-state index in [0.717, 1.165) is 18.9 Å². The van der Waals surface area contributed by atoms with Crippen molar-refractivity contribution in [3.05, 3.63) is 52.7 Å². The second-order valence-electron chi connectivity index (χ2n) is 7.67. The molecule has 1 amide bonds. The van der Waals surface area contributed by atoms with Gasteiger partial charge in [0.2, 0.25) is 0 Å². The normalized spacial score (nSPS) is 18.7. The summed E-state index contributed by atoms with van der Waals surface area (Å²) in [6.07, 6.45) is -0.164. The number of aromatic nitrogens is 1. The van der Waals surface area contributed by atoms with Crippen LogP contribution in [0.15, 0.2) is 30.5 Å². The number of hydrogen-bond acceptors (Lipinski definition) is 5. The molecular formula is C22H24F3N5O. The summed E-state index contributed by atoms with van der Waals surface area (Å²) in [6, 6.07) is 7.55. The van der Waals surface area contributed by atoms with Gasteiger partial charge in [0.05, 0.1) is 11.1 Å². The highest BCUT2D eigenvalue weighted by Gasteiger charge is 2.35. The molecule has 0 bridgehead atoms. The Labute approximate surface area is 178 Å². The predicted octanol–water partition coefficient (Wildman–Crippen LogP) is 4.48. The van der Waals surface area contributed by atoms with Crippen LogP contribution >= 0.6 is 0 Å². The largest absolute Gasteiger partial charge is 0.417 e. The zero-order valence-corrected chi connectivity index (χ0v) is 17.3. The van der Waals surface area contributed by atoms with Crippen LogP contribution in [0.5, 0.6) is 0 Å². The number of halogens is 3. The SMILES string of the molecule is CNc1cc(C(=O)N[C@H]2CC[C@@H](Nc3cc(C)c(C#N)c(C(F)(F)F)c3)CC2)ccn1. The number of benzene rings is 1. The van der Waals surface area contributed by atoms with Crippen molar-refractivity contribution >= 4 is 17.4 Å². The lowest BCUT2D eigenvalue weighted by Crippen LogP contribution is -2.40. The summed E-state index contributed by atoms with van der Waals surface area (Å²) in [4.78, 5) is 16.6. The Balaban J connectivity index is 1.60. The average molecular weight is 431 g/mol. The van der Waals surface area contributed by atoms with Gasteiger partial charge in [-0.2, -0.15) is 18.4 Å². The average Bonchev–Trinajstić information content (AvgIpc) is 2.74. The summed E-state index contributed by atoms with van der Waals surface area (Å²) in [5.41, 5.74) is -0.0992. The van der Waals surface area contributed by atoms with Gasteiger partial charge in [-0.25, -0.2) is 4.98 Å². The van der Waals surface area contributed by atoms with Crippen LogP contribution in [0.25, 0.3) is 0 Å². The summed E-state index contributed by atoms with van der Waals surface area (Å²) in [5, 5.41) is 18.2. The maximum absolute atomic E-state index is 13.3. The highest BCUT2D eigenvalue weighted by Crippen LogP contribution is 2.36. The molecule has 1 aromatic heterocycles. The van der Waals surface area contributed by atoms with Gasteiger partial charge >= 0.3 is 6.18 Å². The third-order valence-electron chi connectivity index (χ3n) is 5.46. The minimum absolute atomic E-state index is 0.00149. The summed E-state index contributed by atoms with van der Waals surface area (Å²) >= 11 is 0. The number of nitrogens with zero attached hydrogens (tertiary/aromatic N) is 2. The smallest absolute Gasteiger partial charge is 0.382 e. The highest BCUT2D eigenvalue weighted by molar-refractivity contribution is 5.95. The zero-order chi connectivity index (χ0) is 22.6. The number of nitriles is 1. The third kappa shape index (κ3) is 5.45. The monoisotopic (exact) mass is 431 g/mol. The van der Waals surface area contributed by atoms with E-state index in [9.17, 15) is 18.0 Å². The number of carbonyl (C=O) groups excluding carboxylic acids is 1. The minimum Gasteiger partial charge on any atom is -0.382 e. The zero-order valence-electron chi connectivity index (χ0n) is 17.3. The molecule has 6 nitrogen and oxygen atoms in total. The maximum atomic E-state index is 13.3. The van der Waals surface area contributed by atoms with Gasteiger partial charge in [0.1, 0.15) is 11.9 Å². The van der Waals surface area contributed by atoms with Crippen LogP contribution < -0.4 is 16.0 Å². The van der Waals surface area contributed by atoms with Gasteiger partial charge in [-0.3, -0.25) is 4.79 Å². The van der Waals surface area contributed by atoms with Gasteiger partial charge in [-0.1, -0.05) is 0 Å². The molecule has 3 N–H and O–H groups in total. The van der Waals surface area contributed by atoms with Crippen LogP contribution in [-0.2, 0) is 6.18 Å². The van der Waals surface area contributed by atoms with Gasteiger partial charge in [-0.05, 0) is 62.4 Å². The lowest BCUT2D eigenvalue weighted by Gasteiger charge is -2.30. The molecule has 0 unspecified atom stereocenters. The molecule has 31 heavy (non-hydrogen) atoms. The Bertz CT molecular complexity index is 992. The fourth-order valence-corrected chi connectivity index (χ4v) is 3.84. The van der Waals surface area contributed by atoms with Crippen molar-refractivity contribution in [1.29, 1.82) is 5.26 Å². The Morgan fingerprint density at radius 2 is 1.84 bits per heavy atom. The first-order valence-corrected chi connectivity index (χ1v) is 10.0. The van der Waals surface area contributed by atoms with E-state index in [1.807, 2.05) is 0 Å². The number of aryl methyl sites for hydroxylation is 1. The van der Waals surface area contributed by atoms with Crippen LogP contribution in [0.3, 0.4) is 0 Å². The quantitative estimate of drug-likeness (QED) is 0.650. The maximum Gasteiger partial charge on any atom is 0.417 e. The first-order valence-electron chi connectivity index (χ1n) is 10.0. The number of alkyl halides is 3. The number of anilines is 2. The molecular weight excluding hydrogens is 407 g/mol. The molecule has 1 aliphatic rings. The van der Waals surface area contributed by atoms with Crippen molar-refractivity contribution in [3.63, 3.8) is 0 Å². The van der Waals surface area contributed by atoms with Crippen LogP contribution in [0.4, 0.5) is 24.7 Å². The molecule has 0 aliphatic heterocycles. The molecule has 2 aromatic rings. The van der Waals surface area contributed by atoms with Gasteiger partial charge in [-0.15, -0.1) is 0 Å². The fourth-order valence-electron chi connectivity index (χ4n) is 3.84. The van der Waals surface area contributed by atoms with Gasteiger partial charge in [0.25, 0.3) is 5.91 Å². The second kappa shape index (κ2) is 9.25. The van der Waals surface area contributed by atoms with E-state index in [2.05, 4.69) is 20.9 Å². The highest BCUT2D eigenvalue weighted by atomic mass is 19.4. The second-order valence-corrected chi connectivity index (χ2v) is 7.67. The number of amides is 1. The lowest BCUT2D eigenvalue weighted by molar-refractivity contribution is -0.137. The number of nitrogens with one attached hydrogen (secondary N) is 3. The summed E-state index contributed by atoms with van der Waals surface area (Å²) in [7, 11) is 1.73. The third-order valence-corrected chi connectivity index (χ3v) is 5.46. The molecule has 0 saturated heterocycles. The Kier molecular flexibility index (Phi) is 6.68. The molecule has 1 saturated carbocycles. The molecule has 9 heteroatoms. The van der Waals surface area contributed by atoms with Crippen molar-refractivity contribution in [2.75, 3.05) is 17.7 Å².